The van der Waals surface area contributed by atoms with Crippen LogP contribution >= 0.6 is 0 Å². The molecule has 3 aromatic rings. The smallest absolute Gasteiger partial charge is 0.262 e. The topological polar surface area (TPSA) is 159 Å². The lowest BCUT2D eigenvalue weighted by Gasteiger charge is -2.24. The average molecular weight is 455 g/mol. The van der Waals surface area contributed by atoms with Crippen molar-refractivity contribution in [2.75, 3.05) is 4.72 Å². The fourth-order valence-corrected chi connectivity index (χ4v) is 4.78. The monoisotopic (exact) mass is 455 g/mol. The predicted octanol–water partition coefficient (Wildman–Crippen LogP) is 1.16. The summed E-state index contributed by atoms with van der Waals surface area (Å²) in [7, 11) is -3.94. The summed E-state index contributed by atoms with van der Waals surface area (Å²) < 4.78 is 29.5. The summed E-state index contributed by atoms with van der Waals surface area (Å²) in [6.45, 7) is 1.85. The number of nitrogens with two attached hydrogens (primary N) is 1. The molecule has 32 heavy (non-hydrogen) atoms. The first-order valence-electron chi connectivity index (χ1n) is 9.88. The van der Waals surface area contributed by atoms with Crippen LogP contribution in [0.5, 0.6) is 0 Å². The van der Waals surface area contributed by atoms with E-state index in [9.17, 15) is 23.1 Å². The molecule has 1 aromatic heterocycles. The van der Waals surface area contributed by atoms with E-state index < -0.39 is 27.9 Å². The van der Waals surface area contributed by atoms with Gasteiger partial charge in [-0.3, -0.25) is 24.3 Å². The van der Waals surface area contributed by atoms with Gasteiger partial charge in [-0.2, -0.15) is 0 Å². The van der Waals surface area contributed by atoms with Crippen molar-refractivity contribution in [3.05, 3.63) is 64.2 Å². The number of piperidine rings is 1. The van der Waals surface area contributed by atoms with Gasteiger partial charge in [-0.25, -0.2) is 9.71 Å². The Balaban J connectivity index is 1.76. The Morgan fingerprint density at radius 1 is 1.22 bits per heavy atom. The second-order valence-electron chi connectivity index (χ2n) is 7.46. The molecule has 1 aliphatic rings. The van der Waals surface area contributed by atoms with Crippen molar-refractivity contribution in [1.82, 2.24) is 14.9 Å². The van der Waals surface area contributed by atoms with E-state index >= 15 is 0 Å². The van der Waals surface area contributed by atoms with E-state index in [4.69, 9.17) is 5.73 Å². The number of nitrogens with one attached hydrogen (secondary N) is 2. The van der Waals surface area contributed by atoms with Crippen molar-refractivity contribution in [2.24, 2.45) is 5.73 Å². The van der Waals surface area contributed by atoms with Crippen LogP contribution in [-0.4, -0.2) is 25.9 Å². The molecule has 1 saturated heterocycles. The Morgan fingerprint density at radius 3 is 2.59 bits per heavy atom. The summed E-state index contributed by atoms with van der Waals surface area (Å²) >= 11 is 0. The van der Waals surface area contributed by atoms with Crippen LogP contribution in [0, 0.1) is 6.92 Å². The minimum Gasteiger partial charge on any atom is -0.588 e. The number of fused-ring (bicyclic) bond motifs is 1. The van der Waals surface area contributed by atoms with E-state index in [1.54, 1.807) is 19.1 Å². The Kier molecular flexibility index (Phi) is 5.63. The van der Waals surface area contributed by atoms with Gasteiger partial charge in [-0.05, 0) is 43.2 Å². The number of nitrogens with zero attached hydrogens (tertiary/aromatic N) is 2. The lowest BCUT2D eigenvalue weighted by Crippen LogP contribution is -2.45. The van der Waals surface area contributed by atoms with Crippen LogP contribution in [0.4, 0.5) is 5.69 Å². The molecule has 0 bridgehead atoms. The fraction of sp³-hybridized carbons (Fsp3) is 0.238. The number of rotatable bonds is 5. The van der Waals surface area contributed by atoms with E-state index in [1.165, 1.54) is 34.9 Å². The zero-order valence-corrected chi connectivity index (χ0v) is 18.0. The molecule has 2 atom stereocenters. The van der Waals surface area contributed by atoms with E-state index in [2.05, 4.69) is 15.0 Å². The van der Waals surface area contributed by atoms with E-state index in [1.807, 2.05) is 0 Å². The molecule has 4 N–H and O–H groups in total. The van der Waals surface area contributed by atoms with Crippen molar-refractivity contribution in [1.29, 1.82) is 0 Å². The van der Waals surface area contributed by atoms with Crippen LogP contribution in [0.25, 0.3) is 10.9 Å². The molecular formula is C21H21N5O5S. The average Bonchev–Trinajstić information content (AvgIpc) is 2.75. The molecule has 0 spiro atoms. The number of sulfonamides is 1. The Morgan fingerprint density at radius 2 is 1.94 bits per heavy atom. The molecule has 2 unspecified atom stereocenters. The molecule has 4 rings (SSSR count). The molecule has 0 radical (unpaired) electrons. The van der Waals surface area contributed by atoms with Crippen molar-refractivity contribution < 1.29 is 18.4 Å². The maximum absolute atomic E-state index is 13.2. The number of benzene rings is 2. The number of carbonyl (C=O) groups is 2. The van der Waals surface area contributed by atoms with Crippen LogP contribution in [0.15, 0.2) is 52.2 Å². The van der Waals surface area contributed by atoms with Gasteiger partial charge < -0.3 is 10.3 Å². The Bertz CT molecular complexity index is 1330. The SMILES string of the molecule is Cc1nc2c(N[S+](=O)([O-])c3ccc(CN)cc3)cccc2c(=O)n1C1CCC(=O)NC1=O. The number of aryl methyl sites for hydroxylation is 1. The van der Waals surface area contributed by atoms with Crippen molar-refractivity contribution >= 4 is 38.8 Å². The number of carbonyl (C=O) groups excluding carboxylic acids is 2. The van der Waals surface area contributed by atoms with Crippen molar-refractivity contribution in [2.45, 2.75) is 37.2 Å². The minimum absolute atomic E-state index is 0.0420. The standard InChI is InChI=1S/C21H21N5O5S/c1-12-23-19-15(21(29)26(12)17-9-10-18(27)24-20(17)28)3-2-4-16(19)25-32(30,31)14-7-5-13(11-22)6-8-14/h2-8,17H,9-11,22H2,1H3,(H2-,24,25,27,28,30,31). The molecule has 2 amide bonds. The van der Waals surface area contributed by atoms with Gasteiger partial charge in [0.05, 0.1) is 5.39 Å². The third-order valence-corrected chi connectivity index (χ3v) is 6.72. The summed E-state index contributed by atoms with van der Waals surface area (Å²) in [5.74, 6) is -0.719. The van der Waals surface area contributed by atoms with Crippen LogP contribution in [0.1, 0.15) is 30.3 Å². The molecule has 166 valence electrons. The number of imide groups is 1. The summed E-state index contributed by atoms with van der Waals surface area (Å²) in [6.07, 6.45) is 0.298. The molecule has 0 aliphatic carbocycles. The van der Waals surface area contributed by atoms with Gasteiger partial charge in [0.1, 0.15) is 23.1 Å². The zero-order valence-electron chi connectivity index (χ0n) is 17.2. The number of aromatic nitrogens is 2. The van der Waals surface area contributed by atoms with Crippen LogP contribution in [0.3, 0.4) is 0 Å². The lowest BCUT2D eigenvalue weighted by atomic mass is 10.1. The first kappa shape index (κ1) is 21.8. The van der Waals surface area contributed by atoms with Gasteiger partial charge in [0.15, 0.2) is 15.3 Å². The zero-order chi connectivity index (χ0) is 23.0. The summed E-state index contributed by atoms with van der Waals surface area (Å²) in [5, 5.41) is 2.39. The first-order valence-corrected chi connectivity index (χ1v) is 11.4. The van der Waals surface area contributed by atoms with Gasteiger partial charge >= 0.3 is 0 Å². The Hall–Kier alpha value is -3.41. The molecular weight excluding hydrogens is 434 g/mol. The fourth-order valence-electron chi connectivity index (χ4n) is 3.72. The van der Waals surface area contributed by atoms with Gasteiger partial charge in [0.2, 0.25) is 11.8 Å². The van der Waals surface area contributed by atoms with Gasteiger partial charge in [0, 0.05) is 13.0 Å². The quantitative estimate of drug-likeness (QED) is 0.384. The predicted molar refractivity (Wildman–Crippen MR) is 117 cm³/mol. The summed E-state index contributed by atoms with van der Waals surface area (Å²) in [4.78, 5) is 41.4. The third-order valence-electron chi connectivity index (χ3n) is 5.34. The normalized spacial score (nSPS) is 18.3. The summed E-state index contributed by atoms with van der Waals surface area (Å²) in [6, 6.07) is 9.84. The van der Waals surface area contributed by atoms with E-state index in [-0.39, 0.29) is 46.1 Å². The number of para-hydroxylation sites is 1. The second-order valence-corrected chi connectivity index (χ2v) is 9.14. The molecule has 0 saturated carbocycles. The highest BCUT2D eigenvalue weighted by Crippen LogP contribution is 2.27. The molecule has 11 heteroatoms. The number of hydrogen-bond acceptors (Lipinski definition) is 7. The molecule has 1 fully saturated rings. The lowest BCUT2D eigenvalue weighted by molar-refractivity contribution is -0.135. The van der Waals surface area contributed by atoms with Gasteiger partial charge in [0.25, 0.3) is 5.56 Å². The Labute approximate surface area is 184 Å². The maximum atomic E-state index is 13.2. The van der Waals surface area contributed by atoms with Crippen LogP contribution in [-0.2, 0) is 30.7 Å². The van der Waals surface area contributed by atoms with E-state index in [0.717, 1.165) is 5.56 Å². The number of hydrogen-bond donors (Lipinski definition) is 3. The maximum Gasteiger partial charge on any atom is 0.262 e. The highest BCUT2D eigenvalue weighted by molar-refractivity contribution is 7.99. The number of amides is 2. The minimum atomic E-state index is -3.94. The molecule has 2 aromatic carbocycles. The number of anilines is 1. The highest BCUT2D eigenvalue weighted by Gasteiger charge is 2.31. The first-order chi connectivity index (χ1) is 15.2. The highest BCUT2D eigenvalue weighted by atomic mass is 32.3. The van der Waals surface area contributed by atoms with E-state index in [0.29, 0.717) is 6.54 Å². The third kappa shape index (κ3) is 3.93. The van der Waals surface area contributed by atoms with Crippen LogP contribution in [0.2, 0.25) is 0 Å². The van der Waals surface area contributed by atoms with Gasteiger partial charge in [-0.15, -0.1) is 0 Å². The molecule has 1 aliphatic heterocycles. The summed E-state index contributed by atoms with van der Waals surface area (Å²) in [5.41, 5.74) is 6.17. The molecule has 2 heterocycles. The van der Waals surface area contributed by atoms with Crippen molar-refractivity contribution in [3.8, 4) is 0 Å². The second kappa shape index (κ2) is 8.26. The van der Waals surface area contributed by atoms with Crippen LogP contribution < -0.4 is 21.3 Å². The van der Waals surface area contributed by atoms with Gasteiger partial charge in [-0.1, -0.05) is 22.4 Å². The molecule has 10 nitrogen and oxygen atoms in total. The largest absolute Gasteiger partial charge is 0.588 e. The van der Waals surface area contributed by atoms with Crippen molar-refractivity contribution in [3.63, 3.8) is 0 Å².